The summed E-state index contributed by atoms with van der Waals surface area (Å²) in [6, 6.07) is 17.2. The van der Waals surface area contributed by atoms with Gasteiger partial charge in [0.05, 0.1) is 5.92 Å². The molecule has 0 radical (unpaired) electrons. The van der Waals surface area contributed by atoms with E-state index in [4.69, 9.17) is 0 Å². The van der Waals surface area contributed by atoms with Crippen LogP contribution in [0.25, 0.3) is 0 Å². The van der Waals surface area contributed by atoms with Gasteiger partial charge in [-0.15, -0.1) is 0 Å². The standard InChI is InChI=1S/C24H26N2O3/c1-17-7-9-21(10-8-17)26-16-20(15-22(26)27)24(29)25-13-11-19(12-14-25)23(28)18-5-3-2-4-6-18/h2-10,19-20H,11-16H2,1H3. The van der Waals surface area contributed by atoms with Crippen molar-refractivity contribution in [2.45, 2.75) is 26.2 Å². The molecule has 0 saturated carbocycles. The number of hydrogen-bond acceptors (Lipinski definition) is 3. The molecule has 2 fully saturated rings. The second-order valence-electron chi connectivity index (χ2n) is 8.07. The van der Waals surface area contributed by atoms with E-state index in [2.05, 4.69) is 0 Å². The van der Waals surface area contributed by atoms with Crippen molar-refractivity contribution in [3.05, 3.63) is 65.7 Å². The molecule has 1 atom stereocenters. The molecule has 0 spiro atoms. The average molecular weight is 390 g/mol. The Labute approximate surface area is 171 Å². The number of hydrogen-bond donors (Lipinski definition) is 0. The highest BCUT2D eigenvalue weighted by Gasteiger charge is 2.38. The number of rotatable bonds is 4. The lowest BCUT2D eigenvalue weighted by Crippen LogP contribution is -2.43. The Kier molecular flexibility index (Phi) is 5.47. The highest BCUT2D eigenvalue weighted by Crippen LogP contribution is 2.29. The Balaban J connectivity index is 1.34. The number of carbonyl (C=O) groups excluding carboxylic acids is 3. The van der Waals surface area contributed by atoms with E-state index in [0.717, 1.165) is 16.8 Å². The molecule has 2 aromatic carbocycles. The van der Waals surface area contributed by atoms with Crippen molar-refractivity contribution in [3.8, 4) is 0 Å². The molecule has 2 amide bonds. The molecule has 5 nitrogen and oxygen atoms in total. The van der Waals surface area contributed by atoms with Gasteiger partial charge in [-0.05, 0) is 31.9 Å². The number of Topliss-reactive ketones (excluding diaryl/α,β-unsaturated/α-hetero) is 1. The van der Waals surface area contributed by atoms with E-state index < -0.39 is 0 Å². The number of nitrogens with zero attached hydrogens (tertiary/aromatic N) is 2. The van der Waals surface area contributed by atoms with Gasteiger partial charge >= 0.3 is 0 Å². The minimum absolute atomic E-state index is 0.00124. The van der Waals surface area contributed by atoms with E-state index in [1.807, 2.05) is 66.4 Å². The van der Waals surface area contributed by atoms with Crippen LogP contribution >= 0.6 is 0 Å². The van der Waals surface area contributed by atoms with Gasteiger partial charge in [0, 0.05) is 43.2 Å². The van der Waals surface area contributed by atoms with Crippen molar-refractivity contribution in [1.82, 2.24) is 4.90 Å². The van der Waals surface area contributed by atoms with Gasteiger partial charge < -0.3 is 9.80 Å². The lowest BCUT2D eigenvalue weighted by atomic mass is 9.88. The number of carbonyl (C=O) groups is 3. The van der Waals surface area contributed by atoms with Crippen molar-refractivity contribution in [2.24, 2.45) is 11.8 Å². The third-order valence-electron chi connectivity index (χ3n) is 6.06. The number of amides is 2. The first-order chi connectivity index (χ1) is 14.0. The molecule has 2 aliphatic heterocycles. The first-order valence-corrected chi connectivity index (χ1v) is 10.3. The second kappa shape index (κ2) is 8.19. The Morgan fingerprint density at radius 2 is 1.55 bits per heavy atom. The average Bonchev–Trinajstić information content (AvgIpc) is 3.15. The van der Waals surface area contributed by atoms with Crippen LogP contribution in [0.4, 0.5) is 5.69 Å². The maximum atomic E-state index is 13.0. The maximum absolute atomic E-state index is 13.0. The van der Waals surface area contributed by atoms with E-state index >= 15 is 0 Å². The SMILES string of the molecule is Cc1ccc(N2CC(C(=O)N3CCC(C(=O)c4ccccc4)CC3)CC2=O)cc1. The Bertz CT molecular complexity index is 899. The fraction of sp³-hybridized carbons (Fsp3) is 0.375. The summed E-state index contributed by atoms with van der Waals surface area (Å²) in [5.74, 6) is -0.125. The molecule has 150 valence electrons. The summed E-state index contributed by atoms with van der Waals surface area (Å²) < 4.78 is 0. The van der Waals surface area contributed by atoms with E-state index in [-0.39, 0.29) is 35.9 Å². The molecule has 0 aromatic heterocycles. The lowest BCUT2D eigenvalue weighted by molar-refractivity contribution is -0.137. The molecule has 0 bridgehead atoms. The Morgan fingerprint density at radius 3 is 2.21 bits per heavy atom. The molecule has 2 aromatic rings. The van der Waals surface area contributed by atoms with Gasteiger partial charge in [-0.1, -0.05) is 48.0 Å². The number of aryl methyl sites for hydroxylation is 1. The van der Waals surface area contributed by atoms with Crippen LogP contribution in [0.15, 0.2) is 54.6 Å². The number of likely N-dealkylation sites (tertiary alicyclic amines) is 1. The Morgan fingerprint density at radius 1 is 0.897 bits per heavy atom. The van der Waals surface area contributed by atoms with Crippen LogP contribution in [0.5, 0.6) is 0 Å². The van der Waals surface area contributed by atoms with Crippen LogP contribution in [-0.2, 0) is 9.59 Å². The van der Waals surface area contributed by atoms with Gasteiger partial charge in [-0.3, -0.25) is 14.4 Å². The fourth-order valence-electron chi connectivity index (χ4n) is 4.31. The normalized spacial score (nSPS) is 20.2. The fourth-order valence-corrected chi connectivity index (χ4v) is 4.31. The van der Waals surface area contributed by atoms with Crippen LogP contribution in [0.1, 0.15) is 35.2 Å². The van der Waals surface area contributed by atoms with Gasteiger partial charge in [-0.25, -0.2) is 0 Å². The summed E-state index contributed by atoms with van der Waals surface area (Å²) in [4.78, 5) is 41.7. The van der Waals surface area contributed by atoms with Crippen LogP contribution in [-0.4, -0.2) is 42.1 Å². The summed E-state index contributed by atoms with van der Waals surface area (Å²) in [5.41, 5.74) is 2.73. The molecular formula is C24H26N2O3. The third-order valence-corrected chi connectivity index (χ3v) is 6.06. The molecule has 0 aliphatic carbocycles. The first kappa shape index (κ1) is 19.4. The molecule has 4 rings (SSSR count). The van der Waals surface area contributed by atoms with Gasteiger partial charge in [0.25, 0.3) is 0 Å². The van der Waals surface area contributed by atoms with Crippen molar-refractivity contribution in [1.29, 1.82) is 0 Å². The summed E-state index contributed by atoms with van der Waals surface area (Å²) >= 11 is 0. The molecule has 1 unspecified atom stereocenters. The minimum atomic E-state index is -0.301. The molecule has 2 heterocycles. The monoisotopic (exact) mass is 390 g/mol. The van der Waals surface area contributed by atoms with Crippen molar-refractivity contribution >= 4 is 23.3 Å². The zero-order chi connectivity index (χ0) is 20.4. The zero-order valence-corrected chi connectivity index (χ0v) is 16.7. The number of piperidine rings is 1. The number of anilines is 1. The van der Waals surface area contributed by atoms with Crippen LogP contribution < -0.4 is 4.90 Å². The van der Waals surface area contributed by atoms with Crippen molar-refractivity contribution in [3.63, 3.8) is 0 Å². The number of benzene rings is 2. The van der Waals surface area contributed by atoms with Gasteiger partial charge in [0.1, 0.15) is 0 Å². The second-order valence-corrected chi connectivity index (χ2v) is 8.07. The third kappa shape index (κ3) is 4.09. The number of ketones is 1. The minimum Gasteiger partial charge on any atom is -0.342 e. The lowest BCUT2D eigenvalue weighted by Gasteiger charge is -2.33. The molecule has 2 saturated heterocycles. The molecular weight excluding hydrogens is 364 g/mol. The van der Waals surface area contributed by atoms with Gasteiger partial charge in [-0.2, -0.15) is 0 Å². The topological polar surface area (TPSA) is 57.7 Å². The van der Waals surface area contributed by atoms with Crippen molar-refractivity contribution < 1.29 is 14.4 Å². The van der Waals surface area contributed by atoms with Crippen molar-refractivity contribution in [2.75, 3.05) is 24.5 Å². The predicted octanol–water partition coefficient (Wildman–Crippen LogP) is 3.47. The molecule has 2 aliphatic rings. The zero-order valence-electron chi connectivity index (χ0n) is 16.7. The van der Waals surface area contributed by atoms with E-state index in [0.29, 0.717) is 32.5 Å². The molecule has 5 heteroatoms. The summed E-state index contributed by atoms with van der Waals surface area (Å²) in [5, 5.41) is 0. The first-order valence-electron chi connectivity index (χ1n) is 10.3. The summed E-state index contributed by atoms with van der Waals surface area (Å²) in [6.07, 6.45) is 1.62. The molecule has 29 heavy (non-hydrogen) atoms. The Hall–Kier alpha value is -2.95. The van der Waals surface area contributed by atoms with E-state index in [1.54, 1.807) is 4.90 Å². The largest absolute Gasteiger partial charge is 0.342 e. The molecule has 0 N–H and O–H groups in total. The quantitative estimate of drug-likeness (QED) is 0.751. The van der Waals surface area contributed by atoms with Gasteiger partial charge in [0.2, 0.25) is 11.8 Å². The van der Waals surface area contributed by atoms with Crippen LogP contribution in [0.3, 0.4) is 0 Å². The maximum Gasteiger partial charge on any atom is 0.228 e. The van der Waals surface area contributed by atoms with Crippen LogP contribution in [0, 0.1) is 18.8 Å². The highest BCUT2D eigenvalue weighted by atomic mass is 16.2. The van der Waals surface area contributed by atoms with E-state index in [1.165, 1.54) is 0 Å². The van der Waals surface area contributed by atoms with E-state index in [9.17, 15) is 14.4 Å². The summed E-state index contributed by atoms with van der Waals surface area (Å²) in [6.45, 7) is 3.60. The highest BCUT2D eigenvalue weighted by molar-refractivity contribution is 6.00. The van der Waals surface area contributed by atoms with Crippen LogP contribution in [0.2, 0.25) is 0 Å². The van der Waals surface area contributed by atoms with Gasteiger partial charge in [0.15, 0.2) is 5.78 Å². The smallest absolute Gasteiger partial charge is 0.228 e. The predicted molar refractivity (Wildman–Crippen MR) is 112 cm³/mol. The summed E-state index contributed by atoms with van der Waals surface area (Å²) in [7, 11) is 0.